The van der Waals surface area contributed by atoms with Gasteiger partial charge in [0.15, 0.2) is 17.2 Å². The number of aliphatic carboxylic acids is 1. The Morgan fingerprint density at radius 3 is 2.84 bits per heavy atom. The van der Waals surface area contributed by atoms with Crippen LogP contribution < -0.4 is 14.2 Å². The third kappa shape index (κ3) is 3.60. The number of methoxy groups -OCH3 is 1. The molecule has 1 N–H and O–H groups in total. The number of carbonyl (C=O) groups is 1. The monoisotopic (exact) mass is 344 g/mol. The SMILES string of the molecule is CCOc1cc2ncnc(Oc3cnn(CC(=O)O)c3)c2cc1OC. The quantitative estimate of drug-likeness (QED) is 0.694. The highest BCUT2D eigenvalue weighted by atomic mass is 16.5. The van der Waals surface area contributed by atoms with E-state index in [1.807, 2.05) is 6.92 Å². The number of nitrogens with zero attached hydrogens (tertiary/aromatic N) is 4. The van der Waals surface area contributed by atoms with Crippen LogP contribution in [0.2, 0.25) is 0 Å². The average molecular weight is 344 g/mol. The predicted molar refractivity (Wildman–Crippen MR) is 87.2 cm³/mol. The summed E-state index contributed by atoms with van der Waals surface area (Å²) in [6.45, 7) is 2.13. The molecule has 0 atom stereocenters. The van der Waals surface area contributed by atoms with E-state index >= 15 is 0 Å². The number of benzene rings is 1. The molecule has 0 bridgehead atoms. The highest BCUT2D eigenvalue weighted by Crippen LogP contribution is 2.35. The lowest BCUT2D eigenvalue weighted by atomic mass is 10.2. The van der Waals surface area contributed by atoms with E-state index in [1.165, 1.54) is 23.4 Å². The zero-order valence-electron chi connectivity index (χ0n) is 13.7. The van der Waals surface area contributed by atoms with E-state index in [0.29, 0.717) is 40.6 Å². The van der Waals surface area contributed by atoms with Crippen molar-refractivity contribution in [3.05, 3.63) is 30.9 Å². The van der Waals surface area contributed by atoms with E-state index in [1.54, 1.807) is 19.2 Å². The van der Waals surface area contributed by atoms with Gasteiger partial charge in [-0.3, -0.25) is 9.48 Å². The number of carboxylic acids is 1. The Labute approximate surface area is 142 Å². The number of ether oxygens (including phenoxy) is 3. The first-order valence-electron chi connectivity index (χ1n) is 7.48. The molecule has 3 rings (SSSR count). The van der Waals surface area contributed by atoms with Gasteiger partial charge in [0, 0.05) is 6.07 Å². The lowest BCUT2D eigenvalue weighted by Gasteiger charge is -2.11. The summed E-state index contributed by atoms with van der Waals surface area (Å²) in [5, 5.41) is 13.3. The minimum absolute atomic E-state index is 0.251. The van der Waals surface area contributed by atoms with Gasteiger partial charge in [0.1, 0.15) is 12.9 Å². The van der Waals surface area contributed by atoms with Crippen molar-refractivity contribution in [2.24, 2.45) is 0 Å². The van der Waals surface area contributed by atoms with Gasteiger partial charge in [0.05, 0.1) is 37.0 Å². The van der Waals surface area contributed by atoms with E-state index < -0.39 is 5.97 Å². The molecular formula is C16H16N4O5. The first-order chi connectivity index (χ1) is 12.1. The Morgan fingerprint density at radius 2 is 2.12 bits per heavy atom. The van der Waals surface area contributed by atoms with Gasteiger partial charge < -0.3 is 19.3 Å². The summed E-state index contributed by atoms with van der Waals surface area (Å²) in [4.78, 5) is 19.1. The van der Waals surface area contributed by atoms with Crippen LogP contribution in [-0.2, 0) is 11.3 Å². The van der Waals surface area contributed by atoms with E-state index in [4.69, 9.17) is 19.3 Å². The van der Waals surface area contributed by atoms with E-state index in [-0.39, 0.29) is 6.54 Å². The van der Waals surface area contributed by atoms with E-state index in [9.17, 15) is 4.79 Å². The molecule has 9 heteroatoms. The van der Waals surface area contributed by atoms with Crippen molar-refractivity contribution in [2.75, 3.05) is 13.7 Å². The summed E-state index contributed by atoms with van der Waals surface area (Å²) < 4.78 is 17.9. The van der Waals surface area contributed by atoms with Crippen LogP contribution >= 0.6 is 0 Å². The van der Waals surface area contributed by atoms with Crippen molar-refractivity contribution in [3.63, 3.8) is 0 Å². The predicted octanol–water partition coefficient (Wildman–Crippen LogP) is 2.11. The summed E-state index contributed by atoms with van der Waals surface area (Å²) >= 11 is 0. The zero-order valence-corrected chi connectivity index (χ0v) is 13.7. The molecule has 3 aromatic rings. The number of hydrogen-bond acceptors (Lipinski definition) is 7. The second-order valence-corrected chi connectivity index (χ2v) is 5.00. The summed E-state index contributed by atoms with van der Waals surface area (Å²) in [6, 6.07) is 3.48. The van der Waals surface area contributed by atoms with Gasteiger partial charge in [-0.15, -0.1) is 0 Å². The Bertz CT molecular complexity index is 909. The standard InChI is InChI=1S/C16H16N4O5/c1-3-24-14-5-12-11(4-13(14)23-2)16(18-9-17-12)25-10-6-19-20(7-10)8-15(21)22/h4-7,9H,3,8H2,1-2H3,(H,21,22). The molecule has 0 spiro atoms. The largest absolute Gasteiger partial charge is 0.493 e. The number of carboxylic acid groups (broad SMARTS) is 1. The minimum atomic E-state index is -0.990. The molecule has 130 valence electrons. The van der Waals surface area contributed by atoms with Crippen LogP contribution in [0.5, 0.6) is 23.1 Å². The third-order valence-electron chi connectivity index (χ3n) is 3.31. The molecule has 0 aliphatic rings. The average Bonchev–Trinajstić information content (AvgIpc) is 3.01. The Morgan fingerprint density at radius 1 is 1.28 bits per heavy atom. The van der Waals surface area contributed by atoms with Gasteiger partial charge in [-0.25, -0.2) is 9.97 Å². The Balaban J connectivity index is 1.96. The molecule has 2 aromatic heterocycles. The van der Waals surface area contributed by atoms with Crippen LogP contribution in [-0.4, -0.2) is 44.5 Å². The zero-order chi connectivity index (χ0) is 17.8. The maximum Gasteiger partial charge on any atom is 0.325 e. The topological polar surface area (TPSA) is 109 Å². The van der Waals surface area contributed by atoms with Crippen molar-refractivity contribution in [3.8, 4) is 23.1 Å². The van der Waals surface area contributed by atoms with Gasteiger partial charge in [-0.2, -0.15) is 5.10 Å². The number of fused-ring (bicyclic) bond motifs is 1. The summed E-state index contributed by atoms with van der Waals surface area (Å²) in [5.41, 5.74) is 0.632. The van der Waals surface area contributed by atoms with Gasteiger partial charge in [-0.1, -0.05) is 0 Å². The molecule has 0 aliphatic carbocycles. The number of rotatable bonds is 7. The van der Waals surface area contributed by atoms with Gasteiger partial charge in [0.25, 0.3) is 0 Å². The van der Waals surface area contributed by atoms with Crippen molar-refractivity contribution in [2.45, 2.75) is 13.5 Å². The Hall–Kier alpha value is -3.36. The number of hydrogen-bond donors (Lipinski definition) is 1. The maximum atomic E-state index is 10.7. The molecule has 0 saturated heterocycles. The van der Waals surface area contributed by atoms with E-state index in [0.717, 1.165) is 0 Å². The first kappa shape index (κ1) is 16.5. The third-order valence-corrected chi connectivity index (χ3v) is 3.31. The highest BCUT2D eigenvalue weighted by Gasteiger charge is 2.13. The molecule has 25 heavy (non-hydrogen) atoms. The maximum absolute atomic E-state index is 10.7. The molecule has 0 radical (unpaired) electrons. The summed E-state index contributed by atoms with van der Waals surface area (Å²) in [6.07, 6.45) is 4.28. The molecular weight excluding hydrogens is 328 g/mol. The summed E-state index contributed by atoms with van der Waals surface area (Å²) in [7, 11) is 1.55. The lowest BCUT2D eigenvalue weighted by Crippen LogP contribution is -2.08. The smallest absolute Gasteiger partial charge is 0.325 e. The fourth-order valence-electron chi connectivity index (χ4n) is 2.28. The highest BCUT2D eigenvalue weighted by molar-refractivity contribution is 5.87. The minimum Gasteiger partial charge on any atom is -0.493 e. The van der Waals surface area contributed by atoms with Crippen LogP contribution in [0.4, 0.5) is 0 Å². The van der Waals surface area contributed by atoms with Crippen LogP contribution in [0.15, 0.2) is 30.9 Å². The lowest BCUT2D eigenvalue weighted by molar-refractivity contribution is -0.137. The fraction of sp³-hybridized carbons (Fsp3) is 0.250. The number of aromatic nitrogens is 4. The molecule has 0 aliphatic heterocycles. The van der Waals surface area contributed by atoms with Crippen LogP contribution in [0.25, 0.3) is 10.9 Å². The van der Waals surface area contributed by atoms with Crippen LogP contribution in [0, 0.1) is 0 Å². The normalized spacial score (nSPS) is 10.6. The van der Waals surface area contributed by atoms with Crippen molar-refractivity contribution >= 4 is 16.9 Å². The second-order valence-electron chi connectivity index (χ2n) is 5.00. The van der Waals surface area contributed by atoms with Crippen molar-refractivity contribution in [1.29, 1.82) is 0 Å². The first-order valence-corrected chi connectivity index (χ1v) is 7.48. The fourth-order valence-corrected chi connectivity index (χ4v) is 2.28. The molecule has 1 aromatic carbocycles. The molecule has 0 amide bonds. The van der Waals surface area contributed by atoms with Crippen molar-refractivity contribution < 1.29 is 24.1 Å². The van der Waals surface area contributed by atoms with Gasteiger partial charge in [-0.05, 0) is 13.0 Å². The second kappa shape index (κ2) is 7.04. The molecule has 0 fully saturated rings. The molecule has 9 nitrogen and oxygen atoms in total. The van der Waals surface area contributed by atoms with Crippen LogP contribution in [0.1, 0.15) is 6.92 Å². The molecule has 0 unspecified atom stereocenters. The van der Waals surface area contributed by atoms with Crippen LogP contribution in [0.3, 0.4) is 0 Å². The Kier molecular flexibility index (Phi) is 4.64. The van der Waals surface area contributed by atoms with Gasteiger partial charge >= 0.3 is 5.97 Å². The van der Waals surface area contributed by atoms with E-state index in [2.05, 4.69) is 15.1 Å². The molecule has 0 saturated carbocycles. The summed E-state index contributed by atoms with van der Waals surface area (Å²) in [5.74, 6) is 0.803. The van der Waals surface area contributed by atoms with Gasteiger partial charge in [0.2, 0.25) is 5.88 Å². The van der Waals surface area contributed by atoms with Crippen molar-refractivity contribution in [1.82, 2.24) is 19.7 Å². The molecule has 2 heterocycles.